The van der Waals surface area contributed by atoms with Crippen molar-refractivity contribution in [3.63, 3.8) is 0 Å². The predicted octanol–water partition coefficient (Wildman–Crippen LogP) is 4.74. The SMILES string of the molecule is Cc1ccc(-c2noc([C@H]3C[C@@H]3F)n2)cc1NC(=O)c1c[nH]c2cccc(F)c12. The van der Waals surface area contributed by atoms with E-state index in [1.165, 1.54) is 12.3 Å². The summed E-state index contributed by atoms with van der Waals surface area (Å²) < 4.78 is 32.5. The van der Waals surface area contributed by atoms with Gasteiger partial charge in [-0.15, -0.1) is 0 Å². The van der Waals surface area contributed by atoms with Crippen LogP contribution in [0.5, 0.6) is 0 Å². The molecule has 0 aliphatic heterocycles. The minimum absolute atomic E-state index is 0.215. The van der Waals surface area contributed by atoms with Gasteiger partial charge in [0.05, 0.1) is 11.5 Å². The van der Waals surface area contributed by atoms with E-state index in [1.807, 2.05) is 13.0 Å². The molecule has 0 bridgehead atoms. The van der Waals surface area contributed by atoms with E-state index in [0.29, 0.717) is 29.0 Å². The summed E-state index contributed by atoms with van der Waals surface area (Å²) in [5, 5.41) is 6.98. The Bertz CT molecular complexity index is 1250. The number of hydrogen-bond acceptors (Lipinski definition) is 4. The number of alkyl halides is 1. The van der Waals surface area contributed by atoms with Gasteiger partial charge in [-0.1, -0.05) is 23.4 Å². The third-order valence-corrected chi connectivity index (χ3v) is 5.12. The van der Waals surface area contributed by atoms with Gasteiger partial charge in [-0.2, -0.15) is 4.98 Å². The largest absolute Gasteiger partial charge is 0.360 e. The highest BCUT2D eigenvalue weighted by Crippen LogP contribution is 2.43. The quantitative estimate of drug-likeness (QED) is 0.524. The molecule has 1 fully saturated rings. The molecule has 146 valence electrons. The number of nitrogens with zero attached hydrogens (tertiary/aromatic N) is 2. The van der Waals surface area contributed by atoms with Crippen LogP contribution in [0.3, 0.4) is 0 Å². The summed E-state index contributed by atoms with van der Waals surface area (Å²) in [6.45, 7) is 1.84. The van der Waals surface area contributed by atoms with Crippen molar-refractivity contribution in [3.05, 3.63) is 65.4 Å². The van der Waals surface area contributed by atoms with Crippen LogP contribution in [0.2, 0.25) is 0 Å². The number of nitrogens with one attached hydrogen (secondary N) is 2. The molecule has 29 heavy (non-hydrogen) atoms. The summed E-state index contributed by atoms with van der Waals surface area (Å²) >= 11 is 0. The maximum atomic E-state index is 14.2. The normalized spacial score (nSPS) is 18.2. The molecule has 0 saturated heterocycles. The maximum Gasteiger partial charge on any atom is 0.257 e. The number of carbonyl (C=O) groups is 1. The fourth-order valence-electron chi connectivity index (χ4n) is 3.33. The van der Waals surface area contributed by atoms with Crippen molar-refractivity contribution in [3.8, 4) is 11.4 Å². The molecule has 8 heteroatoms. The van der Waals surface area contributed by atoms with E-state index in [9.17, 15) is 13.6 Å². The lowest BCUT2D eigenvalue weighted by Gasteiger charge is -2.09. The average molecular weight is 394 g/mol. The van der Waals surface area contributed by atoms with Crippen LogP contribution in [0.4, 0.5) is 14.5 Å². The number of anilines is 1. The van der Waals surface area contributed by atoms with Gasteiger partial charge in [0.2, 0.25) is 11.7 Å². The summed E-state index contributed by atoms with van der Waals surface area (Å²) in [4.78, 5) is 20.0. The van der Waals surface area contributed by atoms with Crippen LogP contribution in [-0.2, 0) is 0 Å². The third-order valence-electron chi connectivity index (χ3n) is 5.12. The molecule has 0 spiro atoms. The molecule has 2 aromatic carbocycles. The fraction of sp³-hybridized carbons (Fsp3) is 0.190. The van der Waals surface area contributed by atoms with E-state index in [-0.39, 0.29) is 22.8 Å². The van der Waals surface area contributed by atoms with Crippen molar-refractivity contribution in [1.29, 1.82) is 0 Å². The molecular formula is C21H16F2N4O2. The molecule has 1 aliphatic rings. The first-order valence-electron chi connectivity index (χ1n) is 9.17. The number of aromatic nitrogens is 3. The zero-order valence-electron chi connectivity index (χ0n) is 15.4. The van der Waals surface area contributed by atoms with Crippen molar-refractivity contribution in [2.45, 2.75) is 25.4 Å². The summed E-state index contributed by atoms with van der Waals surface area (Å²) in [7, 11) is 0. The van der Waals surface area contributed by atoms with Gasteiger partial charge >= 0.3 is 0 Å². The molecule has 1 aliphatic carbocycles. The van der Waals surface area contributed by atoms with Gasteiger partial charge in [0.25, 0.3) is 5.91 Å². The number of rotatable bonds is 4. The van der Waals surface area contributed by atoms with Crippen LogP contribution in [0.1, 0.15) is 34.2 Å². The molecule has 0 unspecified atom stereocenters. The van der Waals surface area contributed by atoms with E-state index in [4.69, 9.17) is 4.52 Å². The van der Waals surface area contributed by atoms with Crippen LogP contribution in [0.25, 0.3) is 22.3 Å². The van der Waals surface area contributed by atoms with E-state index in [0.717, 1.165) is 5.56 Å². The standard InChI is InChI=1S/C21H16F2N4O2/c1-10-5-6-11(19-26-21(29-27-19)12-8-15(12)23)7-17(10)25-20(28)13-9-24-16-4-2-3-14(22)18(13)16/h2-7,9,12,15,24H,8H2,1H3,(H,25,28)/t12-,15-/m0/s1. The Labute approximate surface area is 163 Å². The second kappa shape index (κ2) is 6.51. The van der Waals surface area contributed by atoms with Gasteiger partial charge in [0.1, 0.15) is 12.0 Å². The van der Waals surface area contributed by atoms with Crippen LogP contribution in [0.15, 0.2) is 47.1 Å². The highest BCUT2D eigenvalue weighted by atomic mass is 19.1. The van der Waals surface area contributed by atoms with Gasteiger partial charge in [0.15, 0.2) is 0 Å². The summed E-state index contributed by atoms with van der Waals surface area (Å²) in [5.41, 5.74) is 2.75. The first-order valence-corrected chi connectivity index (χ1v) is 9.17. The number of carbonyl (C=O) groups excluding carboxylic acids is 1. The number of halogens is 2. The Morgan fingerprint density at radius 2 is 2.14 bits per heavy atom. The van der Waals surface area contributed by atoms with E-state index in [1.54, 1.807) is 24.3 Å². The Morgan fingerprint density at radius 3 is 2.93 bits per heavy atom. The number of H-pyrrole nitrogens is 1. The summed E-state index contributed by atoms with van der Waals surface area (Å²) in [6.07, 6.45) is 0.960. The second-order valence-electron chi connectivity index (χ2n) is 7.16. The Hall–Kier alpha value is -3.55. The molecule has 2 N–H and O–H groups in total. The van der Waals surface area contributed by atoms with Crippen molar-refractivity contribution >= 4 is 22.5 Å². The number of aromatic amines is 1. The highest BCUT2D eigenvalue weighted by molar-refractivity contribution is 6.13. The highest BCUT2D eigenvalue weighted by Gasteiger charge is 2.43. The van der Waals surface area contributed by atoms with Crippen LogP contribution < -0.4 is 5.32 Å². The molecule has 2 heterocycles. The monoisotopic (exact) mass is 394 g/mol. The molecule has 2 atom stereocenters. The summed E-state index contributed by atoms with van der Waals surface area (Å²) in [6, 6.07) is 9.92. The molecule has 5 rings (SSSR count). The second-order valence-corrected chi connectivity index (χ2v) is 7.16. The molecule has 1 amide bonds. The van der Waals surface area contributed by atoms with Gasteiger partial charge < -0.3 is 14.8 Å². The maximum absolute atomic E-state index is 14.2. The van der Waals surface area contributed by atoms with Crippen LogP contribution in [0, 0.1) is 12.7 Å². The predicted molar refractivity (Wildman–Crippen MR) is 103 cm³/mol. The zero-order valence-corrected chi connectivity index (χ0v) is 15.4. The number of fused-ring (bicyclic) bond motifs is 1. The molecule has 1 saturated carbocycles. The van der Waals surface area contributed by atoms with E-state index in [2.05, 4.69) is 20.4 Å². The van der Waals surface area contributed by atoms with E-state index >= 15 is 0 Å². The molecule has 2 aromatic heterocycles. The van der Waals surface area contributed by atoms with Gasteiger partial charge in [0, 0.05) is 28.4 Å². The Morgan fingerprint density at radius 1 is 1.31 bits per heavy atom. The zero-order chi connectivity index (χ0) is 20.1. The lowest BCUT2D eigenvalue weighted by molar-refractivity contribution is 0.102. The minimum Gasteiger partial charge on any atom is -0.360 e. The Balaban J connectivity index is 1.44. The van der Waals surface area contributed by atoms with Crippen LogP contribution >= 0.6 is 0 Å². The Kier molecular flexibility index (Phi) is 3.94. The van der Waals surface area contributed by atoms with Gasteiger partial charge in [-0.05, 0) is 37.1 Å². The number of aryl methyl sites for hydroxylation is 1. The minimum atomic E-state index is -0.923. The lowest BCUT2D eigenvalue weighted by atomic mass is 10.1. The van der Waals surface area contributed by atoms with Gasteiger partial charge in [-0.3, -0.25) is 4.79 Å². The first-order chi connectivity index (χ1) is 14.0. The molecule has 4 aromatic rings. The summed E-state index contributed by atoms with van der Waals surface area (Å²) in [5.74, 6) is -0.614. The number of amides is 1. The smallest absolute Gasteiger partial charge is 0.257 e. The van der Waals surface area contributed by atoms with Crippen molar-refractivity contribution in [2.24, 2.45) is 0 Å². The average Bonchev–Trinajstić information content (AvgIpc) is 3.12. The van der Waals surface area contributed by atoms with Crippen molar-refractivity contribution < 1.29 is 18.1 Å². The van der Waals surface area contributed by atoms with Crippen molar-refractivity contribution in [1.82, 2.24) is 15.1 Å². The number of hydrogen-bond donors (Lipinski definition) is 2. The molecular weight excluding hydrogens is 378 g/mol. The first kappa shape index (κ1) is 17.5. The lowest BCUT2D eigenvalue weighted by Crippen LogP contribution is -2.12. The third kappa shape index (κ3) is 3.06. The topological polar surface area (TPSA) is 83.8 Å². The van der Waals surface area contributed by atoms with Gasteiger partial charge in [-0.25, -0.2) is 8.78 Å². The van der Waals surface area contributed by atoms with Crippen LogP contribution in [-0.4, -0.2) is 27.2 Å². The molecule has 6 nitrogen and oxygen atoms in total. The van der Waals surface area contributed by atoms with E-state index < -0.39 is 17.9 Å². The fourth-order valence-corrected chi connectivity index (χ4v) is 3.33. The number of benzene rings is 2. The van der Waals surface area contributed by atoms with Crippen molar-refractivity contribution in [2.75, 3.05) is 5.32 Å². The molecule has 0 radical (unpaired) electrons.